The minimum Gasteiger partial charge on any atom is -0.370 e. The summed E-state index contributed by atoms with van der Waals surface area (Å²) in [5.41, 5.74) is 6.10. The fourth-order valence-corrected chi connectivity index (χ4v) is 7.81. The molecule has 3 amide bonds. The van der Waals surface area contributed by atoms with Crippen molar-refractivity contribution in [2.24, 2.45) is 0 Å². The summed E-state index contributed by atoms with van der Waals surface area (Å²) in [6.45, 7) is 4.64. The SMILES string of the molecule is C[C@@H](c1ccc(Cl)cc1)n1cnc(-c2ccccc2)c1-c1c(C(=O)Nc2ccc(F)cc2N2CCC(N3CCNC3=O)CC2)[nH]c2cc(Cl)ccc12. The van der Waals surface area contributed by atoms with Crippen LogP contribution < -0.4 is 15.5 Å². The number of benzene rings is 4. The number of halogens is 3. The maximum Gasteiger partial charge on any atom is 0.317 e. The van der Waals surface area contributed by atoms with E-state index in [0.29, 0.717) is 70.1 Å². The van der Waals surface area contributed by atoms with Crippen molar-refractivity contribution in [3.63, 3.8) is 0 Å². The van der Waals surface area contributed by atoms with E-state index in [1.807, 2.05) is 71.6 Å². The first kappa shape index (κ1) is 33.8. The van der Waals surface area contributed by atoms with Crippen LogP contribution in [0.4, 0.5) is 20.6 Å². The molecule has 2 saturated heterocycles. The van der Waals surface area contributed by atoms with Crippen LogP contribution in [0, 0.1) is 5.82 Å². The molecule has 3 N–H and O–H groups in total. The number of anilines is 2. The van der Waals surface area contributed by atoms with Crippen LogP contribution in [-0.2, 0) is 0 Å². The monoisotopic (exact) mass is 735 g/mol. The molecule has 2 fully saturated rings. The van der Waals surface area contributed by atoms with Crippen molar-refractivity contribution in [1.82, 2.24) is 24.8 Å². The first-order valence-corrected chi connectivity index (χ1v) is 18.1. The zero-order valence-electron chi connectivity index (χ0n) is 28.4. The minimum absolute atomic E-state index is 0.0353. The number of amides is 3. The molecule has 0 spiro atoms. The Labute approximate surface area is 310 Å². The highest BCUT2D eigenvalue weighted by Gasteiger charge is 2.32. The smallest absolute Gasteiger partial charge is 0.317 e. The molecule has 8 rings (SSSR count). The summed E-state index contributed by atoms with van der Waals surface area (Å²) >= 11 is 12.7. The molecule has 0 bridgehead atoms. The number of nitrogens with zero attached hydrogens (tertiary/aromatic N) is 4. The van der Waals surface area contributed by atoms with Gasteiger partial charge in [0.05, 0.1) is 35.1 Å². The average Bonchev–Trinajstić information content (AvgIpc) is 3.89. The average molecular weight is 737 g/mol. The zero-order valence-corrected chi connectivity index (χ0v) is 29.9. The van der Waals surface area contributed by atoms with E-state index in [2.05, 4.69) is 32.0 Å². The third-order valence-electron chi connectivity index (χ3n) is 10.2. The van der Waals surface area contributed by atoms with Crippen LogP contribution in [0.25, 0.3) is 33.4 Å². The number of H-pyrrole nitrogens is 1. The highest BCUT2D eigenvalue weighted by Crippen LogP contribution is 2.42. The molecular formula is C40H36Cl2FN7O2. The molecule has 0 unspecified atom stereocenters. The maximum absolute atomic E-state index is 14.8. The van der Waals surface area contributed by atoms with E-state index in [1.54, 1.807) is 18.5 Å². The Kier molecular flexibility index (Phi) is 9.11. The number of urea groups is 1. The zero-order chi connectivity index (χ0) is 35.9. The summed E-state index contributed by atoms with van der Waals surface area (Å²) in [7, 11) is 0. The molecule has 0 radical (unpaired) electrons. The molecule has 264 valence electrons. The highest BCUT2D eigenvalue weighted by atomic mass is 35.5. The standard InChI is InChI=1S/C40H36Cl2FN7O2/c1-24(25-7-9-27(41)10-8-25)50-23-45-36(26-5-3-2-4-6-26)38(50)35-31-13-11-28(42)21-33(31)46-37(35)39(51)47-32-14-12-29(43)22-34(32)48-18-15-30(16-19-48)49-20-17-44-40(49)52/h2-14,21-24,30,46H,15-20H2,1H3,(H,44,52)(H,47,51)/t24-/m0/s1. The normalized spacial score (nSPS) is 15.7. The van der Waals surface area contributed by atoms with Gasteiger partial charge in [0.2, 0.25) is 0 Å². The van der Waals surface area contributed by atoms with Crippen LogP contribution >= 0.6 is 23.2 Å². The summed E-state index contributed by atoms with van der Waals surface area (Å²) < 4.78 is 16.9. The highest BCUT2D eigenvalue weighted by molar-refractivity contribution is 6.31. The molecule has 1 atom stereocenters. The van der Waals surface area contributed by atoms with Crippen LogP contribution in [-0.4, -0.2) is 63.6 Å². The number of imidazole rings is 1. The number of aromatic nitrogens is 3. The lowest BCUT2D eigenvalue weighted by atomic mass is 9.99. The van der Waals surface area contributed by atoms with Crippen molar-refractivity contribution in [1.29, 1.82) is 0 Å². The summed E-state index contributed by atoms with van der Waals surface area (Å²) in [6.07, 6.45) is 3.28. The van der Waals surface area contributed by atoms with E-state index >= 15 is 0 Å². The lowest BCUT2D eigenvalue weighted by Gasteiger charge is -2.38. The lowest BCUT2D eigenvalue weighted by molar-refractivity contribution is 0.102. The van der Waals surface area contributed by atoms with E-state index in [1.165, 1.54) is 12.1 Å². The Balaban J connectivity index is 1.20. The quantitative estimate of drug-likeness (QED) is 0.145. The van der Waals surface area contributed by atoms with E-state index in [9.17, 15) is 14.0 Å². The summed E-state index contributed by atoms with van der Waals surface area (Å²) in [5, 5.41) is 7.96. The van der Waals surface area contributed by atoms with E-state index in [-0.39, 0.29) is 18.1 Å². The van der Waals surface area contributed by atoms with Crippen molar-refractivity contribution < 1.29 is 14.0 Å². The molecule has 6 aromatic rings. The van der Waals surface area contributed by atoms with Gasteiger partial charge in [-0.15, -0.1) is 0 Å². The third kappa shape index (κ3) is 6.37. The molecular weight excluding hydrogens is 700 g/mol. The van der Waals surface area contributed by atoms with Gasteiger partial charge in [-0.1, -0.05) is 71.7 Å². The second kappa shape index (κ2) is 14.0. The van der Waals surface area contributed by atoms with Gasteiger partial charge in [-0.25, -0.2) is 14.2 Å². The lowest BCUT2D eigenvalue weighted by Crippen LogP contribution is -2.46. The Hall–Kier alpha value is -5.32. The first-order chi connectivity index (χ1) is 25.2. The molecule has 2 aliphatic rings. The van der Waals surface area contributed by atoms with E-state index < -0.39 is 11.7 Å². The number of hydrogen-bond donors (Lipinski definition) is 3. The molecule has 2 aliphatic heterocycles. The molecule has 52 heavy (non-hydrogen) atoms. The van der Waals surface area contributed by atoms with Crippen molar-refractivity contribution in [2.75, 3.05) is 36.4 Å². The molecule has 0 saturated carbocycles. The molecule has 4 heterocycles. The molecule has 12 heteroatoms. The number of aromatic amines is 1. The van der Waals surface area contributed by atoms with Crippen molar-refractivity contribution in [2.45, 2.75) is 31.8 Å². The van der Waals surface area contributed by atoms with Crippen LogP contribution in [0.3, 0.4) is 0 Å². The number of hydrogen-bond acceptors (Lipinski definition) is 4. The van der Waals surface area contributed by atoms with Crippen LogP contribution in [0.5, 0.6) is 0 Å². The number of nitrogens with one attached hydrogen (secondary N) is 3. The number of carbonyl (C=O) groups is 2. The van der Waals surface area contributed by atoms with Gasteiger partial charge in [0, 0.05) is 64.3 Å². The predicted molar refractivity (Wildman–Crippen MR) is 205 cm³/mol. The van der Waals surface area contributed by atoms with Gasteiger partial charge >= 0.3 is 6.03 Å². The molecule has 0 aliphatic carbocycles. The molecule has 2 aromatic heterocycles. The number of carbonyl (C=O) groups excluding carboxylic acids is 2. The molecule has 4 aromatic carbocycles. The number of fused-ring (bicyclic) bond motifs is 1. The number of rotatable bonds is 8. The largest absolute Gasteiger partial charge is 0.370 e. The van der Waals surface area contributed by atoms with Crippen molar-refractivity contribution in [3.8, 4) is 22.5 Å². The third-order valence-corrected chi connectivity index (χ3v) is 10.7. The van der Waals surface area contributed by atoms with Gasteiger partial charge in [0.25, 0.3) is 5.91 Å². The van der Waals surface area contributed by atoms with Crippen LogP contribution in [0.2, 0.25) is 10.0 Å². The predicted octanol–water partition coefficient (Wildman–Crippen LogP) is 9.00. The topological polar surface area (TPSA) is 98.3 Å². The van der Waals surface area contributed by atoms with Gasteiger partial charge in [0.15, 0.2) is 0 Å². The van der Waals surface area contributed by atoms with Crippen LogP contribution in [0.1, 0.15) is 41.9 Å². The van der Waals surface area contributed by atoms with E-state index in [0.717, 1.165) is 35.0 Å². The summed E-state index contributed by atoms with van der Waals surface area (Å²) in [5.74, 6) is -0.799. The van der Waals surface area contributed by atoms with Crippen LogP contribution in [0.15, 0.2) is 97.3 Å². The van der Waals surface area contributed by atoms with Gasteiger partial charge in [0.1, 0.15) is 11.5 Å². The summed E-state index contributed by atoms with van der Waals surface area (Å²) in [4.78, 5) is 39.2. The fourth-order valence-electron chi connectivity index (χ4n) is 7.51. The van der Waals surface area contributed by atoms with E-state index in [4.69, 9.17) is 28.2 Å². The molecule has 9 nitrogen and oxygen atoms in total. The Bertz CT molecular complexity index is 2280. The van der Waals surface area contributed by atoms with Gasteiger partial charge in [-0.05, 0) is 67.8 Å². The van der Waals surface area contributed by atoms with Gasteiger partial charge in [-0.3, -0.25) is 4.79 Å². The minimum atomic E-state index is -0.400. The Morgan fingerprint density at radius 3 is 2.42 bits per heavy atom. The first-order valence-electron chi connectivity index (χ1n) is 17.3. The second-order valence-electron chi connectivity index (χ2n) is 13.3. The Morgan fingerprint density at radius 2 is 1.69 bits per heavy atom. The van der Waals surface area contributed by atoms with Gasteiger partial charge < -0.3 is 30.0 Å². The summed E-state index contributed by atoms with van der Waals surface area (Å²) in [6, 6.07) is 27.4. The maximum atomic E-state index is 14.8. The van der Waals surface area contributed by atoms with Crippen molar-refractivity contribution in [3.05, 3.63) is 124 Å². The number of piperidine rings is 1. The van der Waals surface area contributed by atoms with Crippen molar-refractivity contribution >= 4 is 57.4 Å². The second-order valence-corrected chi connectivity index (χ2v) is 14.1. The Morgan fingerprint density at radius 1 is 0.942 bits per heavy atom. The fraction of sp³-hybridized carbons (Fsp3) is 0.225. The van der Waals surface area contributed by atoms with Gasteiger partial charge in [-0.2, -0.15) is 0 Å².